The second-order valence-corrected chi connectivity index (χ2v) is 19.1. The minimum absolute atomic E-state index is 1.02. The van der Waals surface area contributed by atoms with E-state index < -0.39 is 0 Å². The maximum absolute atomic E-state index is 1.61. The molecule has 1 rings (SSSR count). The molecule has 0 nitrogen and oxygen atoms in total. The number of hydrogen-bond donors (Lipinski definition) is 0. The van der Waals surface area contributed by atoms with Crippen LogP contribution in [0, 0.1) is 0 Å². The molecule has 0 aromatic heterocycles. The first-order valence-corrected chi connectivity index (χ1v) is 21.0. The fourth-order valence-corrected chi connectivity index (χ4v) is 22.3. The van der Waals surface area contributed by atoms with Crippen LogP contribution < -0.4 is 0 Å². The standard InChI is InChI=1S/C12H24Se6/c1-2-14-5-6-16-9-10-18-12-11-17-8-7-15-4-3-13-1/h1-12H2. The van der Waals surface area contributed by atoms with Crippen molar-refractivity contribution < 1.29 is 0 Å². The van der Waals surface area contributed by atoms with Crippen molar-refractivity contribution in [3.8, 4) is 0 Å². The van der Waals surface area contributed by atoms with E-state index in [2.05, 4.69) is 0 Å². The van der Waals surface area contributed by atoms with Gasteiger partial charge < -0.3 is 0 Å². The van der Waals surface area contributed by atoms with Crippen molar-refractivity contribution >= 4 is 89.7 Å². The molecular formula is C12H24Se6. The van der Waals surface area contributed by atoms with Crippen molar-refractivity contribution in [2.75, 3.05) is 0 Å². The van der Waals surface area contributed by atoms with Gasteiger partial charge in [0.05, 0.1) is 0 Å². The molecule has 1 aliphatic rings. The van der Waals surface area contributed by atoms with Gasteiger partial charge in [-0.15, -0.1) is 0 Å². The maximum atomic E-state index is 1.61. The van der Waals surface area contributed by atoms with Gasteiger partial charge in [0.2, 0.25) is 0 Å². The van der Waals surface area contributed by atoms with Gasteiger partial charge in [-0.3, -0.25) is 0 Å². The molecule has 0 aromatic rings. The van der Waals surface area contributed by atoms with Crippen LogP contribution in [0.5, 0.6) is 0 Å². The normalized spacial score (nSPS) is 24.0. The summed E-state index contributed by atoms with van der Waals surface area (Å²) in [4.78, 5) is 0. The second-order valence-electron chi connectivity index (χ2n) is 3.67. The molecular weight excluding hydrogens is 618 g/mol. The third-order valence-corrected chi connectivity index (χ3v) is 22.5. The van der Waals surface area contributed by atoms with E-state index >= 15 is 0 Å². The Morgan fingerprint density at radius 1 is 0.222 bits per heavy atom. The summed E-state index contributed by atoms with van der Waals surface area (Å²) in [5.41, 5.74) is 0. The Labute approximate surface area is 151 Å². The van der Waals surface area contributed by atoms with E-state index in [1.807, 2.05) is 0 Å². The van der Waals surface area contributed by atoms with Crippen molar-refractivity contribution in [1.82, 2.24) is 0 Å². The van der Waals surface area contributed by atoms with Crippen LogP contribution in [0.3, 0.4) is 0 Å². The summed E-state index contributed by atoms with van der Waals surface area (Å²) in [5.74, 6) is 0. The molecule has 0 radical (unpaired) electrons. The van der Waals surface area contributed by atoms with Crippen LogP contribution in [-0.2, 0) is 0 Å². The summed E-state index contributed by atoms with van der Waals surface area (Å²) in [6, 6.07) is 0. The Kier molecular flexibility index (Phi) is 17.6. The first-order chi connectivity index (χ1) is 9.00. The molecule has 0 unspecified atom stereocenters. The van der Waals surface area contributed by atoms with Crippen molar-refractivity contribution in [1.29, 1.82) is 0 Å². The van der Waals surface area contributed by atoms with Gasteiger partial charge in [-0.25, -0.2) is 0 Å². The average molecular weight is 642 g/mol. The zero-order valence-electron chi connectivity index (χ0n) is 10.9. The van der Waals surface area contributed by atoms with Crippen molar-refractivity contribution in [3.05, 3.63) is 0 Å². The van der Waals surface area contributed by atoms with Gasteiger partial charge in [-0.2, -0.15) is 0 Å². The summed E-state index contributed by atoms with van der Waals surface area (Å²) in [5, 5.41) is 19.4. The van der Waals surface area contributed by atoms with Crippen LogP contribution in [-0.4, -0.2) is 89.7 Å². The Balaban J connectivity index is 2.00. The van der Waals surface area contributed by atoms with E-state index in [9.17, 15) is 0 Å². The summed E-state index contributed by atoms with van der Waals surface area (Å²) in [6.45, 7) is 0. The van der Waals surface area contributed by atoms with Gasteiger partial charge in [0.1, 0.15) is 0 Å². The molecule has 1 aliphatic heterocycles. The predicted octanol–water partition coefficient (Wildman–Crippen LogP) is 3.24. The molecule has 0 saturated carbocycles. The van der Waals surface area contributed by atoms with Gasteiger partial charge in [0.25, 0.3) is 0 Å². The summed E-state index contributed by atoms with van der Waals surface area (Å²) in [7, 11) is 0. The van der Waals surface area contributed by atoms with Crippen LogP contribution in [0.15, 0.2) is 0 Å². The summed E-state index contributed by atoms with van der Waals surface area (Å²) in [6.07, 6.45) is 0. The fourth-order valence-electron chi connectivity index (χ4n) is 1.32. The number of rotatable bonds is 0. The Hall–Kier alpha value is 3.12. The van der Waals surface area contributed by atoms with E-state index in [0.717, 1.165) is 89.7 Å². The van der Waals surface area contributed by atoms with Crippen LogP contribution in [0.1, 0.15) is 0 Å². The summed E-state index contributed by atoms with van der Waals surface area (Å²) < 4.78 is 0. The molecule has 6 heteroatoms. The van der Waals surface area contributed by atoms with E-state index in [0.29, 0.717) is 0 Å². The number of hydrogen-bond acceptors (Lipinski definition) is 0. The van der Waals surface area contributed by atoms with Crippen LogP contribution >= 0.6 is 0 Å². The van der Waals surface area contributed by atoms with E-state index in [1.54, 1.807) is 63.8 Å². The molecule has 0 amide bonds. The molecule has 1 fully saturated rings. The first-order valence-electron chi connectivity index (χ1n) is 6.46. The van der Waals surface area contributed by atoms with E-state index in [1.165, 1.54) is 0 Å². The molecule has 0 spiro atoms. The van der Waals surface area contributed by atoms with Crippen LogP contribution in [0.25, 0.3) is 0 Å². The van der Waals surface area contributed by atoms with Gasteiger partial charge in [0, 0.05) is 0 Å². The van der Waals surface area contributed by atoms with E-state index in [-0.39, 0.29) is 0 Å². The SMILES string of the molecule is C1C[Se]CC[Se]CC[Se]CC[Se]CC[Se]CC[Se]1. The third kappa shape index (κ3) is 14.1. The quantitative estimate of drug-likeness (QED) is 0.357. The molecule has 0 atom stereocenters. The van der Waals surface area contributed by atoms with Crippen molar-refractivity contribution in [2.24, 2.45) is 0 Å². The first kappa shape index (κ1) is 19.2. The average Bonchev–Trinajstić information content (AvgIpc) is 2.39. The topological polar surface area (TPSA) is 0 Å². The zero-order chi connectivity index (χ0) is 12.7. The Morgan fingerprint density at radius 2 is 0.333 bits per heavy atom. The second kappa shape index (κ2) is 16.5. The molecule has 0 aliphatic carbocycles. The monoisotopic (exact) mass is 648 g/mol. The van der Waals surface area contributed by atoms with Crippen LogP contribution in [0.2, 0.25) is 63.8 Å². The van der Waals surface area contributed by atoms with Gasteiger partial charge in [-0.05, 0) is 0 Å². The fraction of sp³-hybridized carbons (Fsp3) is 1.00. The molecule has 0 bridgehead atoms. The molecule has 18 heavy (non-hydrogen) atoms. The molecule has 0 aromatic carbocycles. The Morgan fingerprint density at radius 3 is 0.444 bits per heavy atom. The Bertz CT molecular complexity index is 91.6. The molecule has 1 heterocycles. The summed E-state index contributed by atoms with van der Waals surface area (Å²) >= 11 is 6.13. The van der Waals surface area contributed by atoms with Gasteiger partial charge in [-0.1, -0.05) is 0 Å². The predicted molar refractivity (Wildman–Crippen MR) is 92.2 cm³/mol. The van der Waals surface area contributed by atoms with Gasteiger partial charge >= 0.3 is 154 Å². The zero-order valence-corrected chi connectivity index (χ0v) is 21.2. The molecule has 1 saturated heterocycles. The third-order valence-electron chi connectivity index (χ3n) is 2.23. The van der Waals surface area contributed by atoms with Crippen molar-refractivity contribution in [3.63, 3.8) is 0 Å². The van der Waals surface area contributed by atoms with Gasteiger partial charge in [0.15, 0.2) is 0 Å². The minimum atomic E-state index is 1.02. The molecule has 108 valence electrons. The van der Waals surface area contributed by atoms with Crippen LogP contribution in [0.4, 0.5) is 0 Å². The van der Waals surface area contributed by atoms with Crippen molar-refractivity contribution in [2.45, 2.75) is 63.8 Å². The molecule has 0 N–H and O–H groups in total. The van der Waals surface area contributed by atoms with E-state index in [4.69, 9.17) is 0 Å².